The normalized spacial score (nSPS) is 10.6. The summed E-state index contributed by atoms with van der Waals surface area (Å²) in [4.78, 5) is 11.0. The molecule has 0 saturated heterocycles. The Labute approximate surface area is 122 Å². The summed E-state index contributed by atoms with van der Waals surface area (Å²) in [5, 5.41) is 3.37. The first-order chi connectivity index (χ1) is 9.02. The third kappa shape index (κ3) is 6.07. The van der Waals surface area contributed by atoms with Gasteiger partial charge in [-0.3, -0.25) is 0 Å². The third-order valence-corrected chi connectivity index (χ3v) is 3.24. The van der Waals surface area contributed by atoms with E-state index in [2.05, 4.69) is 39.8 Å². The lowest BCUT2D eigenvalue weighted by Gasteiger charge is -2.11. The van der Waals surface area contributed by atoms with Crippen LogP contribution in [0.4, 0.5) is 0 Å². The SMILES string of the molecule is COC(=O)COc1ccc(Br)c(CNCC(C)C)c1. The molecule has 0 atom stereocenters. The van der Waals surface area contributed by atoms with Gasteiger partial charge in [-0.25, -0.2) is 4.79 Å². The fourth-order valence-corrected chi connectivity index (χ4v) is 1.86. The average molecular weight is 330 g/mol. The third-order valence-electron chi connectivity index (χ3n) is 2.47. The Kier molecular flexibility index (Phi) is 6.87. The number of hydrogen-bond donors (Lipinski definition) is 1. The number of carbonyl (C=O) groups excluding carboxylic acids is 1. The molecule has 0 aliphatic rings. The number of esters is 1. The van der Waals surface area contributed by atoms with Crippen molar-refractivity contribution in [3.63, 3.8) is 0 Å². The van der Waals surface area contributed by atoms with Gasteiger partial charge in [-0.1, -0.05) is 29.8 Å². The van der Waals surface area contributed by atoms with E-state index in [1.165, 1.54) is 7.11 Å². The fourth-order valence-electron chi connectivity index (χ4n) is 1.47. The van der Waals surface area contributed by atoms with E-state index in [1.54, 1.807) is 0 Å². The second kappa shape index (κ2) is 8.17. The van der Waals surface area contributed by atoms with Gasteiger partial charge in [-0.05, 0) is 36.2 Å². The summed E-state index contributed by atoms with van der Waals surface area (Å²) >= 11 is 3.50. The van der Waals surface area contributed by atoms with Gasteiger partial charge in [0, 0.05) is 11.0 Å². The number of halogens is 1. The quantitative estimate of drug-likeness (QED) is 0.781. The van der Waals surface area contributed by atoms with Crippen LogP contribution >= 0.6 is 15.9 Å². The molecule has 1 aromatic carbocycles. The maximum Gasteiger partial charge on any atom is 0.343 e. The van der Waals surface area contributed by atoms with E-state index in [-0.39, 0.29) is 12.6 Å². The second-order valence-corrected chi connectivity index (χ2v) is 5.50. The van der Waals surface area contributed by atoms with Crippen molar-refractivity contribution in [2.24, 2.45) is 5.92 Å². The molecule has 106 valence electrons. The Balaban J connectivity index is 2.58. The van der Waals surface area contributed by atoms with Gasteiger partial charge in [-0.2, -0.15) is 0 Å². The van der Waals surface area contributed by atoms with E-state index in [0.29, 0.717) is 11.7 Å². The summed E-state index contributed by atoms with van der Waals surface area (Å²) in [5.74, 6) is 0.884. The van der Waals surface area contributed by atoms with Gasteiger partial charge < -0.3 is 14.8 Å². The number of benzene rings is 1. The summed E-state index contributed by atoms with van der Waals surface area (Å²) in [6.07, 6.45) is 0. The standard InChI is InChI=1S/C14H20BrNO3/c1-10(2)7-16-8-11-6-12(4-5-13(11)15)19-9-14(17)18-3/h4-6,10,16H,7-9H2,1-3H3. The highest BCUT2D eigenvalue weighted by atomic mass is 79.9. The molecule has 19 heavy (non-hydrogen) atoms. The van der Waals surface area contributed by atoms with Crippen LogP contribution in [0.15, 0.2) is 22.7 Å². The van der Waals surface area contributed by atoms with Crippen molar-refractivity contribution in [1.82, 2.24) is 5.32 Å². The minimum absolute atomic E-state index is 0.0724. The summed E-state index contributed by atoms with van der Waals surface area (Å²) in [6.45, 7) is 5.97. The Morgan fingerprint density at radius 1 is 1.42 bits per heavy atom. The Morgan fingerprint density at radius 3 is 2.79 bits per heavy atom. The van der Waals surface area contributed by atoms with Crippen LogP contribution in [0.2, 0.25) is 0 Å². The van der Waals surface area contributed by atoms with Crippen LogP contribution in [0.1, 0.15) is 19.4 Å². The molecular formula is C14H20BrNO3. The van der Waals surface area contributed by atoms with E-state index >= 15 is 0 Å². The topological polar surface area (TPSA) is 47.6 Å². The predicted octanol–water partition coefficient (Wildman–Crippen LogP) is 2.75. The average Bonchev–Trinajstić information content (AvgIpc) is 2.38. The molecule has 0 saturated carbocycles. The Hall–Kier alpha value is -1.07. The molecule has 4 nitrogen and oxygen atoms in total. The van der Waals surface area contributed by atoms with Gasteiger partial charge in [-0.15, -0.1) is 0 Å². The van der Waals surface area contributed by atoms with Gasteiger partial charge in [0.25, 0.3) is 0 Å². The van der Waals surface area contributed by atoms with Crippen molar-refractivity contribution in [3.05, 3.63) is 28.2 Å². The summed E-state index contributed by atoms with van der Waals surface area (Å²) in [5.41, 5.74) is 1.10. The Bertz CT molecular complexity index is 421. The molecule has 1 aromatic rings. The lowest BCUT2D eigenvalue weighted by molar-refractivity contribution is -0.142. The summed E-state index contributed by atoms with van der Waals surface area (Å²) in [6, 6.07) is 5.65. The van der Waals surface area contributed by atoms with E-state index in [1.807, 2.05) is 18.2 Å². The van der Waals surface area contributed by atoms with Crippen molar-refractivity contribution in [1.29, 1.82) is 0 Å². The van der Waals surface area contributed by atoms with Crippen molar-refractivity contribution in [2.75, 3.05) is 20.3 Å². The maximum atomic E-state index is 11.0. The van der Waals surface area contributed by atoms with E-state index in [4.69, 9.17) is 4.74 Å². The monoisotopic (exact) mass is 329 g/mol. The zero-order valence-electron chi connectivity index (χ0n) is 11.5. The molecule has 0 radical (unpaired) electrons. The molecule has 0 fully saturated rings. The zero-order valence-corrected chi connectivity index (χ0v) is 13.1. The summed E-state index contributed by atoms with van der Waals surface area (Å²) in [7, 11) is 1.34. The first-order valence-corrected chi connectivity index (χ1v) is 7.01. The largest absolute Gasteiger partial charge is 0.482 e. The van der Waals surface area contributed by atoms with Crippen molar-refractivity contribution in [2.45, 2.75) is 20.4 Å². The van der Waals surface area contributed by atoms with Crippen molar-refractivity contribution in [3.8, 4) is 5.75 Å². The number of rotatable bonds is 7. The highest BCUT2D eigenvalue weighted by molar-refractivity contribution is 9.10. The number of methoxy groups -OCH3 is 1. The second-order valence-electron chi connectivity index (χ2n) is 4.64. The highest BCUT2D eigenvalue weighted by Gasteiger charge is 2.05. The molecule has 1 rings (SSSR count). The smallest absolute Gasteiger partial charge is 0.343 e. The maximum absolute atomic E-state index is 11.0. The van der Waals surface area contributed by atoms with Gasteiger partial charge in [0.15, 0.2) is 6.61 Å². The predicted molar refractivity (Wildman–Crippen MR) is 78.2 cm³/mol. The van der Waals surface area contributed by atoms with Crippen LogP contribution in [0.25, 0.3) is 0 Å². The van der Waals surface area contributed by atoms with Gasteiger partial charge in [0.2, 0.25) is 0 Å². The molecular weight excluding hydrogens is 310 g/mol. The lowest BCUT2D eigenvalue weighted by atomic mass is 10.2. The van der Waals surface area contributed by atoms with Crippen LogP contribution < -0.4 is 10.1 Å². The minimum Gasteiger partial charge on any atom is -0.482 e. The van der Waals surface area contributed by atoms with Crippen molar-refractivity contribution < 1.29 is 14.3 Å². The van der Waals surface area contributed by atoms with Gasteiger partial charge in [0.05, 0.1) is 7.11 Å². The molecule has 0 heterocycles. The van der Waals surface area contributed by atoms with Crippen LogP contribution in [0.5, 0.6) is 5.75 Å². The number of nitrogens with one attached hydrogen (secondary N) is 1. The van der Waals surface area contributed by atoms with E-state index < -0.39 is 0 Å². The summed E-state index contributed by atoms with van der Waals surface area (Å²) < 4.78 is 10.9. The zero-order chi connectivity index (χ0) is 14.3. The first-order valence-electron chi connectivity index (χ1n) is 6.21. The molecule has 0 aliphatic heterocycles. The molecule has 0 amide bonds. The lowest BCUT2D eigenvalue weighted by Crippen LogP contribution is -2.19. The molecule has 0 unspecified atom stereocenters. The van der Waals surface area contributed by atoms with Gasteiger partial charge >= 0.3 is 5.97 Å². The van der Waals surface area contributed by atoms with Gasteiger partial charge in [0.1, 0.15) is 5.75 Å². The molecule has 0 aromatic heterocycles. The van der Waals surface area contributed by atoms with Crippen LogP contribution in [-0.4, -0.2) is 26.2 Å². The molecule has 5 heteroatoms. The fraction of sp³-hybridized carbons (Fsp3) is 0.500. The molecule has 1 N–H and O–H groups in total. The number of hydrogen-bond acceptors (Lipinski definition) is 4. The Morgan fingerprint density at radius 2 is 2.16 bits per heavy atom. The van der Waals surface area contributed by atoms with Crippen LogP contribution in [0, 0.1) is 5.92 Å². The first kappa shape index (κ1) is 16.0. The molecule has 0 spiro atoms. The number of ether oxygens (including phenoxy) is 2. The van der Waals surface area contributed by atoms with E-state index in [9.17, 15) is 4.79 Å². The van der Waals surface area contributed by atoms with Crippen LogP contribution in [-0.2, 0) is 16.1 Å². The van der Waals surface area contributed by atoms with Crippen LogP contribution in [0.3, 0.4) is 0 Å². The van der Waals surface area contributed by atoms with E-state index in [0.717, 1.165) is 23.1 Å². The minimum atomic E-state index is -0.387. The molecule has 0 aliphatic carbocycles. The highest BCUT2D eigenvalue weighted by Crippen LogP contribution is 2.22. The molecule has 0 bridgehead atoms. The van der Waals surface area contributed by atoms with Crippen molar-refractivity contribution >= 4 is 21.9 Å². The number of carbonyl (C=O) groups is 1.